The fourth-order valence-corrected chi connectivity index (χ4v) is 1.59. The van der Waals surface area contributed by atoms with Gasteiger partial charge in [0.15, 0.2) is 5.78 Å². The molecule has 0 saturated carbocycles. The predicted octanol–water partition coefficient (Wildman–Crippen LogP) is 1.27. The Bertz CT molecular complexity index is 421. The van der Waals surface area contributed by atoms with Gasteiger partial charge in [-0.25, -0.2) is 0 Å². The normalized spacial score (nSPS) is 19.7. The zero-order valence-corrected chi connectivity index (χ0v) is 7.78. The number of hydrogen-bond acceptors (Lipinski definition) is 3. The highest BCUT2D eigenvalue weighted by Crippen LogP contribution is 2.33. The number of Topliss-reactive ketones (excluding diaryl/α,β-unsaturated/α-hetero) is 1. The van der Waals surface area contributed by atoms with Crippen LogP contribution in [-0.4, -0.2) is 24.1 Å². The Hall–Kier alpha value is -1.61. The van der Waals surface area contributed by atoms with E-state index < -0.39 is 6.10 Å². The number of aliphatic hydroxyl groups excluding tert-OH is 1. The predicted molar refractivity (Wildman–Crippen MR) is 52.4 cm³/mol. The maximum atomic E-state index is 11.5. The molecule has 1 aliphatic rings. The van der Waals surface area contributed by atoms with Crippen molar-refractivity contribution in [3.05, 3.63) is 35.9 Å². The molecule has 0 aliphatic heterocycles. The zero-order valence-electron chi connectivity index (χ0n) is 7.78. The number of carbonyl (C=O) groups excluding carboxylic acids is 1. The molecule has 14 heavy (non-hydrogen) atoms. The van der Waals surface area contributed by atoms with Crippen LogP contribution in [0, 0.1) is 0 Å². The lowest BCUT2D eigenvalue weighted by molar-refractivity contribution is 0.0847. The highest BCUT2D eigenvalue weighted by molar-refractivity contribution is 6.15. The lowest BCUT2D eigenvalue weighted by atomic mass is 10.1. The lowest BCUT2D eigenvalue weighted by Crippen LogP contribution is -2.12. The molecule has 3 nitrogen and oxygen atoms in total. The average molecular weight is 190 g/mol. The van der Waals surface area contributed by atoms with Gasteiger partial charge in [-0.05, 0) is 23.3 Å². The SMILES string of the molecule is C=C1c2ccc(OC)cc2C(=O)C1O. The molecule has 2 rings (SSSR count). The van der Waals surface area contributed by atoms with Gasteiger partial charge in [0.05, 0.1) is 7.11 Å². The summed E-state index contributed by atoms with van der Waals surface area (Å²) in [4.78, 5) is 11.5. The third kappa shape index (κ3) is 1.06. The second-order valence-electron chi connectivity index (χ2n) is 3.20. The molecule has 0 amide bonds. The first kappa shape index (κ1) is 8.97. The number of methoxy groups -OCH3 is 1. The van der Waals surface area contributed by atoms with Crippen LogP contribution < -0.4 is 4.74 Å². The summed E-state index contributed by atoms with van der Waals surface area (Å²) >= 11 is 0. The summed E-state index contributed by atoms with van der Waals surface area (Å²) in [6.07, 6.45) is -1.09. The van der Waals surface area contributed by atoms with E-state index in [1.807, 2.05) is 0 Å². The smallest absolute Gasteiger partial charge is 0.196 e. The molecule has 0 heterocycles. The van der Waals surface area contributed by atoms with Crippen LogP contribution >= 0.6 is 0 Å². The fraction of sp³-hybridized carbons (Fsp3) is 0.182. The molecular weight excluding hydrogens is 180 g/mol. The van der Waals surface area contributed by atoms with E-state index in [0.717, 1.165) is 0 Å². The summed E-state index contributed by atoms with van der Waals surface area (Å²) in [6, 6.07) is 5.11. The minimum atomic E-state index is -1.09. The van der Waals surface area contributed by atoms with Crippen LogP contribution in [0.1, 0.15) is 15.9 Å². The largest absolute Gasteiger partial charge is 0.497 e. The van der Waals surface area contributed by atoms with E-state index in [9.17, 15) is 9.90 Å². The third-order valence-corrected chi connectivity index (χ3v) is 2.42. The van der Waals surface area contributed by atoms with Gasteiger partial charge < -0.3 is 9.84 Å². The zero-order chi connectivity index (χ0) is 10.3. The number of hydrogen-bond donors (Lipinski definition) is 1. The van der Waals surface area contributed by atoms with E-state index in [0.29, 0.717) is 22.4 Å². The van der Waals surface area contributed by atoms with Crippen molar-refractivity contribution in [1.29, 1.82) is 0 Å². The molecule has 0 saturated heterocycles. The number of ether oxygens (including phenoxy) is 1. The van der Waals surface area contributed by atoms with Gasteiger partial charge in [0, 0.05) is 5.56 Å². The number of carbonyl (C=O) groups is 1. The first-order valence-corrected chi connectivity index (χ1v) is 4.24. The minimum absolute atomic E-state index is 0.302. The number of aliphatic hydroxyl groups is 1. The third-order valence-electron chi connectivity index (χ3n) is 2.42. The van der Waals surface area contributed by atoms with E-state index in [-0.39, 0.29) is 5.78 Å². The first-order chi connectivity index (χ1) is 6.65. The van der Waals surface area contributed by atoms with Crippen LogP contribution in [0.3, 0.4) is 0 Å². The molecule has 0 fully saturated rings. The van der Waals surface area contributed by atoms with Crippen LogP contribution in [0.2, 0.25) is 0 Å². The van der Waals surface area contributed by atoms with Crippen molar-refractivity contribution >= 4 is 11.4 Å². The van der Waals surface area contributed by atoms with E-state index >= 15 is 0 Å². The molecule has 72 valence electrons. The molecule has 0 bridgehead atoms. The van der Waals surface area contributed by atoms with Crippen molar-refractivity contribution in [3.63, 3.8) is 0 Å². The summed E-state index contributed by atoms with van der Waals surface area (Å²) < 4.78 is 4.99. The topological polar surface area (TPSA) is 46.5 Å². The molecule has 0 radical (unpaired) electrons. The molecule has 1 aromatic carbocycles. The minimum Gasteiger partial charge on any atom is -0.497 e. The molecule has 0 spiro atoms. The Morgan fingerprint density at radius 3 is 2.79 bits per heavy atom. The lowest BCUT2D eigenvalue weighted by Gasteiger charge is -2.01. The van der Waals surface area contributed by atoms with Crippen LogP contribution in [0.15, 0.2) is 24.8 Å². The quantitative estimate of drug-likeness (QED) is 0.725. The van der Waals surface area contributed by atoms with E-state index in [1.165, 1.54) is 7.11 Å². The van der Waals surface area contributed by atoms with Crippen molar-refractivity contribution in [3.8, 4) is 5.75 Å². The molecule has 1 aliphatic carbocycles. The van der Waals surface area contributed by atoms with Crippen molar-refractivity contribution < 1.29 is 14.6 Å². The standard InChI is InChI=1S/C11H10O3/c1-6-8-4-3-7(14-2)5-9(8)11(13)10(6)12/h3-5,10,12H,1H2,2H3. The summed E-state index contributed by atoms with van der Waals surface area (Å²) in [7, 11) is 1.53. The van der Waals surface area contributed by atoms with Crippen LogP contribution in [0.4, 0.5) is 0 Å². The molecule has 1 N–H and O–H groups in total. The molecule has 1 unspecified atom stereocenters. The molecule has 1 aromatic rings. The molecule has 3 heteroatoms. The average Bonchev–Trinajstić information content (AvgIpc) is 2.44. The van der Waals surface area contributed by atoms with Crippen LogP contribution in [0.5, 0.6) is 5.75 Å². The van der Waals surface area contributed by atoms with Gasteiger partial charge >= 0.3 is 0 Å². The number of ketones is 1. The Morgan fingerprint density at radius 2 is 2.14 bits per heavy atom. The van der Waals surface area contributed by atoms with Crippen molar-refractivity contribution in [2.75, 3.05) is 7.11 Å². The Labute approximate surface area is 81.6 Å². The van der Waals surface area contributed by atoms with Crippen LogP contribution in [0.25, 0.3) is 5.57 Å². The molecular formula is C11H10O3. The van der Waals surface area contributed by atoms with Gasteiger partial charge in [-0.3, -0.25) is 4.79 Å². The van der Waals surface area contributed by atoms with Gasteiger partial charge in [0.25, 0.3) is 0 Å². The summed E-state index contributed by atoms with van der Waals surface area (Å²) in [5.74, 6) is 0.308. The van der Waals surface area contributed by atoms with Crippen molar-refractivity contribution in [1.82, 2.24) is 0 Å². The summed E-state index contributed by atoms with van der Waals surface area (Å²) in [6.45, 7) is 3.67. The van der Waals surface area contributed by atoms with E-state index in [2.05, 4.69) is 6.58 Å². The van der Waals surface area contributed by atoms with Crippen LogP contribution in [-0.2, 0) is 0 Å². The van der Waals surface area contributed by atoms with Gasteiger partial charge in [-0.15, -0.1) is 0 Å². The van der Waals surface area contributed by atoms with Gasteiger partial charge in [-0.2, -0.15) is 0 Å². The maximum absolute atomic E-state index is 11.5. The number of benzene rings is 1. The number of rotatable bonds is 1. The Balaban J connectivity index is 2.59. The van der Waals surface area contributed by atoms with Gasteiger partial charge in [0.1, 0.15) is 11.9 Å². The molecule has 1 atom stereocenters. The molecule has 0 aromatic heterocycles. The highest BCUT2D eigenvalue weighted by atomic mass is 16.5. The van der Waals surface area contributed by atoms with Crippen molar-refractivity contribution in [2.24, 2.45) is 0 Å². The van der Waals surface area contributed by atoms with E-state index in [4.69, 9.17) is 4.74 Å². The fourth-order valence-electron chi connectivity index (χ4n) is 1.59. The Morgan fingerprint density at radius 1 is 1.43 bits per heavy atom. The van der Waals surface area contributed by atoms with Gasteiger partial charge in [-0.1, -0.05) is 12.6 Å². The van der Waals surface area contributed by atoms with Gasteiger partial charge in [0.2, 0.25) is 0 Å². The second kappa shape index (κ2) is 2.96. The first-order valence-electron chi connectivity index (χ1n) is 4.24. The Kier molecular flexibility index (Phi) is 1.89. The van der Waals surface area contributed by atoms with E-state index in [1.54, 1.807) is 18.2 Å². The van der Waals surface area contributed by atoms with Crippen molar-refractivity contribution in [2.45, 2.75) is 6.10 Å². The summed E-state index contributed by atoms with van der Waals surface area (Å²) in [5, 5.41) is 9.46. The maximum Gasteiger partial charge on any atom is 0.196 e. The highest BCUT2D eigenvalue weighted by Gasteiger charge is 2.32. The second-order valence-corrected chi connectivity index (χ2v) is 3.20. The summed E-state index contributed by atoms with van der Waals surface area (Å²) in [5.41, 5.74) is 1.66. The monoisotopic (exact) mass is 190 g/mol. The number of fused-ring (bicyclic) bond motifs is 1.